The molecular weight excluding hydrogens is 606 g/mol. The van der Waals surface area contributed by atoms with E-state index in [0.717, 1.165) is 22.2 Å². The Labute approximate surface area is 212 Å². The van der Waals surface area contributed by atoms with E-state index in [1.165, 1.54) is 9.15 Å². The summed E-state index contributed by atoms with van der Waals surface area (Å²) < 4.78 is 8.98. The van der Waals surface area contributed by atoms with E-state index in [9.17, 15) is 4.79 Å². The monoisotopic (exact) mass is 638 g/mol. The first-order chi connectivity index (χ1) is 14.4. The Kier molecular flexibility index (Phi) is 7.87. The molecule has 0 saturated carbocycles. The minimum absolute atomic E-state index is 0.0552. The summed E-state index contributed by atoms with van der Waals surface area (Å²) in [5.74, 6) is 0.0148. The zero-order chi connectivity index (χ0) is 23.1. The number of benzene rings is 1. The van der Waals surface area contributed by atoms with Gasteiger partial charge in [0.2, 0.25) is 0 Å². The average Bonchev–Trinajstić information content (AvgIpc) is 2.77. The summed E-state index contributed by atoms with van der Waals surface area (Å²) in [4.78, 5) is 20.4. The van der Waals surface area contributed by atoms with Crippen LogP contribution in [-0.2, 0) is 9.22 Å². The summed E-state index contributed by atoms with van der Waals surface area (Å²) >= 11 is 8.62. The van der Waals surface area contributed by atoms with Crippen molar-refractivity contribution in [1.82, 2.24) is 4.90 Å². The van der Waals surface area contributed by atoms with Crippen LogP contribution in [0, 0.1) is 5.92 Å². The van der Waals surface area contributed by atoms with Gasteiger partial charge in [0, 0.05) is 0 Å². The number of β-lactam (4-membered cyclic amide) rings is 1. The summed E-state index contributed by atoms with van der Waals surface area (Å²) in [7, 11) is -1.97. The number of carbonyl (C=O) groups is 1. The van der Waals surface area contributed by atoms with Crippen molar-refractivity contribution in [2.45, 2.75) is 76.6 Å². The third-order valence-corrected chi connectivity index (χ3v) is 15.7. The van der Waals surface area contributed by atoms with E-state index in [0.29, 0.717) is 5.02 Å². The number of halogens is 2. The zero-order valence-electron chi connectivity index (χ0n) is 19.3. The van der Waals surface area contributed by atoms with Crippen LogP contribution in [0.5, 0.6) is 0 Å². The number of nitrogens with zero attached hydrogens (tertiary/aromatic N) is 2. The van der Waals surface area contributed by atoms with Crippen LogP contribution in [0.2, 0.25) is 28.5 Å². The third-order valence-electron chi connectivity index (χ3n) is 6.61. The molecule has 2 aliphatic rings. The Hall–Kier alpha value is -0.184. The van der Waals surface area contributed by atoms with E-state index in [-0.39, 0.29) is 44.0 Å². The second kappa shape index (κ2) is 9.59. The fraction of sp³-hybridized carbons (Fsp3) is 0.565. The molecule has 2 aliphatic heterocycles. The molecule has 3 rings (SSSR count). The number of aliphatic imine (C=N–C) groups is 1. The summed E-state index contributed by atoms with van der Waals surface area (Å²) in [6, 6.07) is 7.57. The fourth-order valence-corrected chi connectivity index (χ4v) is 8.90. The molecule has 0 aromatic heterocycles. The normalized spacial score (nSPS) is 24.7. The molecule has 2 heterocycles. The minimum atomic E-state index is -1.97. The second-order valence-corrected chi connectivity index (χ2v) is 18.2. The van der Waals surface area contributed by atoms with Crippen LogP contribution in [0.15, 0.2) is 38.4 Å². The van der Waals surface area contributed by atoms with Crippen molar-refractivity contribution in [3.63, 3.8) is 0 Å². The summed E-state index contributed by atoms with van der Waals surface area (Å²) in [5, 5.41) is 1.78. The number of rotatable bonds is 5. The number of amidine groups is 1. The van der Waals surface area contributed by atoms with E-state index < -0.39 is 8.32 Å². The van der Waals surface area contributed by atoms with Crippen molar-refractivity contribution in [3.05, 3.63) is 38.4 Å². The number of allylic oxidation sites excluding steroid dienone is 1. The predicted octanol–water partition coefficient (Wildman–Crippen LogP) is 6.80. The molecular formula is C23H32ClIN2O2SeSi. The molecule has 0 radical (unpaired) electrons. The molecule has 1 fully saturated rings. The van der Waals surface area contributed by atoms with Crippen molar-refractivity contribution in [3.8, 4) is 0 Å². The van der Waals surface area contributed by atoms with Crippen LogP contribution in [0.1, 0.15) is 41.0 Å². The van der Waals surface area contributed by atoms with Gasteiger partial charge in [-0.1, -0.05) is 0 Å². The van der Waals surface area contributed by atoms with E-state index in [4.69, 9.17) is 21.0 Å². The standard InChI is InChI=1S/C23H32ClIN2O2SeSi/c1-8-17-18(25)13-30-22(26-16-11-9-15(24)10-12-16)27-20(17)19(21(27)28)14(2)29-31(6,7)23(3,4)5/h9-12,14,19-20H,8,13H2,1-7H3/t14-,19-,20-/m1/s1. The molecule has 170 valence electrons. The second-order valence-electron chi connectivity index (χ2n) is 9.71. The molecule has 0 aliphatic carbocycles. The molecule has 1 aromatic rings. The van der Waals surface area contributed by atoms with Gasteiger partial charge in [-0.3, -0.25) is 0 Å². The summed E-state index contributed by atoms with van der Waals surface area (Å²) in [5.41, 5.74) is 2.22. The number of hydrogen-bond donors (Lipinski definition) is 0. The molecule has 0 bridgehead atoms. The van der Waals surface area contributed by atoms with Crippen molar-refractivity contribution in [1.29, 1.82) is 0 Å². The Morgan fingerprint density at radius 3 is 2.48 bits per heavy atom. The van der Waals surface area contributed by atoms with Gasteiger partial charge in [-0.05, 0) is 0 Å². The van der Waals surface area contributed by atoms with Crippen molar-refractivity contribution >= 4 is 73.8 Å². The molecule has 1 saturated heterocycles. The van der Waals surface area contributed by atoms with Gasteiger partial charge in [0.25, 0.3) is 0 Å². The Morgan fingerprint density at radius 1 is 1.32 bits per heavy atom. The van der Waals surface area contributed by atoms with Gasteiger partial charge < -0.3 is 0 Å². The first kappa shape index (κ1) is 25.4. The van der Waals surface area contributed by atoms with Crippen LogP contribution in [0.25, 0.3) is 0 Å². The first-order valence-electron chi connectivity index (χ1n) is 10.7. The molecule has 0 unspecified atom stereocenters. The number of carbonyl (C=O) groups excluding carboxylic acids is 1. The van der Waals surface area contributed by atoms with Gasteiger partial charge in [-0.15, -0.1) is 0 Å². The van der Waals surface area contributed by atoms with E-state index in [2.05, 4.69) is 70.3 Å². The molecule has 1 aromatic carbocycles. The quantitative estimate of drug-likeness (QED) is 0.203. The average molecular weight is 638 g/mol. The van der Waals surface area contributed by atoms with Crippen LogP contribution < -0.4 is 0 Å². The van der Waals surface area contributed by atoms with Crippen LogP contribution in [0.3, 0.4) is 0 Å². The van der Waals surface area contributed by atoms with E-state index in [1.54, 1.807) is 0 Å². The molecule has 0 N–H and O–H groups in total. The van der Waals surface area contributed by atoms with E-state index in [1.807, 2.05) is 29.2 Å². The van der Waals surface area contributed by atoms with Crippen molar-refractivity contribution in [2.24, 2.45) is 10.9 Å². The molecule has 0 spiro atoms. The summed E-state index contributed by atoms with van der Waals surface area (Å²) in [6.07, 6.45) is 0.836. The zero-order valence-corrected chi connectivity index (χ0v) is 25.0. The fourth-order valence-electron chi connectivity index (χ4n) is 3.83. The van der Waals surface area contributed by atoms with Gasteiger partial charge in [-0.2, -0.15) is 0 Å². The Morgan fingerprint density at radius 2 is 1.94 bits per heavy atom. The number of hydrogen-bond acceptors (Lipinski definition) is 3. The Balaban J connectivity index is 1.94. The van der Waals surface area contributed by atoms with Crippen molar-refractivity contribution < 1.29 is 9.22 Å². The van der Waals surface area contributed by atoms with Crippen LogP contribution >= 0.6 is 34.2 Å². The molecule has 1 amide bonds. The van der Waals surface area contributed by atoms with Crippen molar-refractivity contribution in [2.75, 3.05) is 0 Å². The van der Waals surface area contributed by atoms with Crippen LogP contribution in [0.4, 0.5) is 5.69 Å². The van der Waals surface area contributed by atoms with Gasteiger partial charge in [0.05, 0.1) is 0 Å². The first-order valence-corrected chi connectivity index (χ1v) is 17.2. The molecule has 8 heteroatoms. The van der Waals surface area contributed by atoms with Gasteiger partial charge in [0.15, 0.2) is 0 Å². The molecule has 4 nitrogen and oxygen atoms in total. The maximum atomic E-state index is 13.5. The summed E-state index contributed by atoms with van der Waals surface area (Å²) in [6.45, 7) is 15.5. The topological polar surface area (TPSA) is 41.9 Å². The van der Waals surface area contributed by atoms with Crippen LogP contribution in [-0.4, -0.2) is 51.0 Å². The maximum absolute atomic E-state index is 13.5. The number of amides is 1. The number of fused-ring (bicyclic) bond motifs is 1. The van der Waals surface area contributed by atoms with Gasteiger partial charge in [-0.25, -0.2) is 0 Å². The predicted molar refractivity (Wildman–Crippen MR) is 142 cm³/mol. The SMILES string of the molecule is CCC1=C(I)C[Se]C(=Nc2ccc(Cl)cc2)N2C(=O)[C@H]([C@@H](C)O[Si](C)(C)C(C)(C)C)[C@@H]12. The molecule has 31 heavy (non-hydrogen) atoms. The molecule has 3 atom stereocenters. The van der Waals surface area contributed by atoms with Gasteiger partial charge >= 0.3 is 214 Å². The van der Waals surface area contributed by atoms with E-state index >= 15 is 0 Å². The third kappa shape index (κ3) is 5.17. The Bertz CT molecular complexity index is 911. The van der Waals surface area contributed by atoms with Gasteiger partial charge in [0.1, 0.15) is 0 Å².